The summed E-state index contributed by atoms with van der Waals surface area (Å²) in [6.45, 7) is 12.1. The Morgan fingerprint density at radius 2 is 1.53 bits per heavy atom. The smallest absolute Gasteiger partial charge is 0.307 e. The molecular formula is C35H54ClN5O5S. The van der Waals surface area contributed by atoms with Crippen LogP contribution in [0.3, 0.4) is 0 Å². The van der Waals surface area contributed by atoms with Crippen molar-refractivity contribution in [1.82, 2.24) is 25.1 Å². The Hall–Kier alpha value is -2.92. The Morgan fingerprint density at radius 1 is 0.936 bits per heavy atom. The molecule has 0 saturated carbocycles. The molecule has 1 atom stereocenters. The molecule has 1 aromatic carbocycles. The van der Waals surface area contributed by atoms with Crippen molar-refractivity contribution in [2.24, 2.45) is 0 Å². The summed E-state index contributed by atoms with van der Waals surface area (Å²) in [5.41, 5.74) is 0.398. The van der Waals surface area contributed by atoms with Gasteiger partial charge in [0.25, 0.3) is 0 Å². The molecule has 3 rings (SSSR count). The van der Waals surface area contributed by atoms with Crippen molar-refractivity contribution in [2.45, 2.75) is 140 Å². The number of halogens is 1. The van der Waals surface area contributed by atoms with Gasteiger partial charge in [0, 0.05) is 12.0 Å². The lowest BCUT2D eigenvalue weighted by atomic mass is 9.92. The second kappa shape index (κ2) is 17.5. The van der Waals surface area contributed by atoms with Gasteiger partial charge in [-0.25, -0.2) is 12.9 Å². The van der Waals surface area contributed by atoms with E-state index in [0.29, 0.717) is 22.9 Å². The molecule has 0 aliphatic heterocycles. The summed E-state index contributed by atoms with van der Waals surface area (Å²) in [7, 11) is -3.90. The number of aromatic nitrogens is 4. The molecule has 1 amide bonds. The summed E-state index contributed by atoms with van der Waals surface area (Å²) < 4.78 is 34.3. The number of fused-ring (bicyclic) bond motifs is 1. The number of benzene rings is 1. The van der Waals surface area contributed by atoms with Crippen LogP contribution in [0.15, 0.2) is 35.2 Å². The Labute approximate surface area is 285 Å². The maximum Gasteiger partial charge on any atom is 0.307 e. The predicted octanol–water partition coefficient (Wildman–Crippen LogP) is 7.49. The van der Waals surface area contributed by atoms with E-state index in [9.17, 15) is 18.0 Å². The van der Waals surface area contributed by atoms with E-state index in [1.807, 2.05) is 34.6 Å². The number of carbonyl (C=O) groups excluding carboxylic acids is 2. The lowest BCUT2D eigenvalue weighted by Crippen LogP contribution is -2.41. The first-order chi connectivity index (χ1) is 22.2. The summed E-state index contributed by atoms with van der Waals surface area (Å²) >= 11 is 6.56. The number of esters is 1. The molecule has 0 spiro atoms. The minimum atomic E-state index is -3.90. The molecule has 47 heavy (non-hydrogen) atoms. The van der Waals surface area contributed by atoms with E-state index >= 15 is 0 Å². The van der Waals surface area contributed by atoms with Gasteiger partial charge < -0.3 is 10.1 Å². The molecule has 10 nitrogen and oxygen atoms in total. The van der Waals surface area contributed by atoms with Gasteiger partial charge in [-0.05, 0) is 32.4 Å². The first-order valence-corrected chi connectivity index (χ1v) is 19.0. The third-order valence-corrected chi connectivity index (χ3v) is 10.9. The largest absolute Gasteiger partial charge is 0.465 e. The topological polar surface area (TPSA) is 136 Å². The first kappa shape index (κ1) is 38.5. The minimum absolute atomic E-state index is 0.0197. The second-order valence-corrected chi connectivity index (χ2v) is 16.6. The molecule has 2 N–H and O–H groups in total. The molecule has 0 bridgehead atoms. The zero-order valence-corrected chi connectivity index (χ0v) is 30.6. The maximum atomic E-state index is 13.5. The Kier molecular flexibility index (Phi) is 14.3. The summed E-state index contributed by atoms with van der Waals surface area (Å²) in [6.07, 6.45) is 11.3. The lowest BCUT2D eigenvalue weighted by Gasteiger charge is -2.22. The van der Waals surface area contributed by atoms with Gasteiger partial charge in [0.2, 0.25) is 5.91 Å². The number of aromatic amines is 1. The van der Waals surface area contributed by atoms with Gasteiger partial charge in [-0.3, -0.25) is 14.7 Å². The number of ether oxygens (including phenoxy) is 1. The second-order valence-electron chi connectivity index (χ2n) is 14.1. The first-order valence-electron chi connectivity index (χ1n) is 17.1. The number of unbranched alkanes of at least 4 members (excludes halogenated alkanes) is 9. The summed E-state index contributed by atoms with van der Waals surface area (Å²) in [6, 6.07) is 8.07. The van der Waals surface area contributed by atoms with Crippen molar-refractivity contribution in [2.75, 3.05) is 13.2 Å². The van der Waals surface area contributed by atoms with E-state index < -0.39 is 32.4 Å². The van der Waals surface area contributed by atoms with Gasteiger partial charge in [-0.15, -0.1) is 10.2 Å². The van der Waals surface area contributed by atoms with Crippen LogP contribution in [0.1, 0.15) is 130 Å². The van der Waals surface area contributed by atoms with Crippen molar-refractivity contribution in [3.8, 4) is 0 Å². The van der Waals surface area contributed by atoms with E-state index in [4.69, 9.17) is 16.3 Å². The van der Waals surface area contributed by atoms with Crippen LogP contribution in [0.2, 0.25) is 5.02 Å². The van der Waals surface area contributed by atoms with Crippen LogP contribution in [0.25, 0.3) is 5.65 Å². The van der Waals surface area contributed by atoms with E-state index in [0.717, 1.165) is 25.0 Å². The van der Waals surface area contributed by atoms with Crippen LogP contribution in [0, 0.1) is 0 Å². The highest BCUT2D eigenvalue weighted by Crippen LogP contribution is 2.33. The number of hydrogen-bond donors (Lipinski definition) is 2. The normalized spacial score (nSPS) is 13.2. The molecule has 1 unspecified atom stereocenters. The summed E-state index contributed by atoms with van der Waals surface area (Å²) in [4.78, 5) is 26.1. The van der Waals surface area contributed by atoms with Crippen molar-refractivity contribution in [1.29, 1.82) is 0 Å². The number of hydrogen-bond acceptors (Lipinski definition) is 7. The number of nitrogens with one attached hydrogen (secondary N) is 2. The summed E-state index contributed by atoms with van der Waals surface area (Å²) in [5, 5.41) is 13.8. The fourth-order valence-electron chi connectivity index (χ4n) is 5.56. The average Bonchev–Trinajstić information content (AvgIpc) is 3.60. The quantitative estimate of drug-likeness (QED) is 0.0926. The van der Waals surface area contributed by atoms with Crippen molar-refractivity contribution in [3.63, 3.8) is 0 Å². The third-order valence-electron chi connectivity index (χ3n) is 8.44. The molecule has 3 aromatic rings. The Bertz CT molecular complexity index is 1540. The maximum absolute atomic E-state index is 13.5. The van der Waals surface area contributed by atoms with Crippen molar-refractivity contribution >= 4 is 39.0 Å². The predicted molar refractivity (Wildman–Crippen MR) is 187 cm³/mol. The molecule has 0 aliphatic rings. The number of rotatable bonds is 20. The number of H-pyrrole nitrogens is 1. The van der Waals surface area contributed by atoms with Crippen LogP contribution in [0.5, 0.6) is 0 Å². The Morgan fingerprint density at radius 3 is 2.13 bits per heavy atom. The minimum Gasteiger partial charge on any atom is -0.465 e. The van der Waals surface area contributed by atoms with Crippen LogP contribution in [-0.2, 0) is 35.0 Å². The number of carbonyl (C=O) groups is 2. The number of sulfone groups is 1. The van der Waals surface area contributed by atoms with Gasteiger partial charge in [-0.2, -0.15) is 0 Å². The third kappa shape index (κ3) is 10.8. The van der Waals surface area contributed by atoms with Crippen LogP contribution < -0.4 is 5.32 Å². The van der Waals surface area contributed by atoms with Crippen molar-refractivity contribution in [3.05, 3.63) is 46.9 Å². The van der Waals surface area contributed by atoms with E-state index in [1.165, 1.54) is 50.7 Å². The lowest BCUT2D eigenvalue weighted by molar-refractivity contribution is -0.145. The molecule has 0 aliphatic carbocycles. The monoisotopic (exact) mass is 691 g/mol. The fraction of sp³-hybridized carbons (Fsp3) is 0.657. The molecule has 0 saturated heterocycles. The van der Waals surface area contributed by atoms with Gasteiger partial charge in [0.1, 0.15) is 16.9 Å². The van der Waals surface area contributed by atoms with Crippen LogP contribution in [-0.4, -0.2) is 58.5 Å². The molecule has 0 fully saturated rings. The van der Waals surface area contributed by atoms with Gasteiger partial charge in [0.05, 0.1) is 22.4 Å². The molecule has 12 heteroatoms. The zero-order chi connectivity index (χ0) is 34.7. The molecule has 262 valence electrons. The summed E-state index contributed by atoms with van der Waals surface area (Å²) in [5.74, 6) is -0.551. The highest BCUT2D eigenvalue weighted by atomic mass is 35.5. The Balaban J connectivity index is 1.52. The number of nitrogens with zero attached hydrogens (tertiary/aromatic N) is 3. The van der Waals surface area contributed by atoms with Crippen molar-refractivity contribution < 1.29 is 22.7 Å². The molecule has 2 aromatic heterocycles. The van der Waals surface area contributed by atoms with Crippen LogP contribution >= 0.6 is 11.6 Å². The fourth-order valence-corrected chi connectivity index (χ4v) is 7.71. The van der Waals surface area contributed by atoms with E-state index in [1.54, 1.807) is 22.7 Å². The average molecular weight is 692 g/mol. The van der Waals surface area contributed by atoms with Gasteiger partial charge >= 0.3 is 5.97 Å². The van der Waals surface area contributed by atoms with Crippen LogP contribution in [0.4, 0.5) is 0 Å². The van der Waals surface area contributed by atoms with Gasteiger partial charge in [0.15, 0.2) is 21.3 Å². The van der Waals surface area contributed by atoms with Gasteiger partial charge in [-0.1, -0.05) is 122 Å². The number of amides is 1. The molecule has 0 radical (unpaired) electrons. The highest BCUT2D eigenvalue weighted by molar-refractivity contribution is 7.92. The van der Waals surface area contributed by atoms with E-state index in [2.05, 4.69) is 27.5 Å². The zero-order valence-electron chi connectivity index (χ0n) is 29.0. The molecular weight excluding hydrogens is 638 g/mol. The van der Waals surface area contributed by atoms with E-state index in [-0.39, 0.29) is 36.3 Å². The highest BCUT2D eigenvalue weighted by Gasteiger charge is 2.34. The standard InChI is InChI=1S/C35H54ClN5O5S/c1-7-8-9-10-11-12-13-14-15-19-22-27(47(44,45)26-20-17-16-18-21-26)32(43)37-24-23-28(42)46-25-35(5,6)33-39-38-31-29(36)30(34(2,3)4)40-41(31)33/h16-18,20-21,27,40H,7-15,19,22-25H2,1-6H3,(H,37,43). The SMILES string of the molecule is CCCCCCCCCCCCC(C(=O)NCCC(=O)OCC(C)(C)c1nnc2c(Cl)c(C(C)(C)C)[nH]n12)S(=O)(=O)c1ccccc1. The molecule has 2 heterocycles.